The molecule has 0 heterocycles. The molecule has 0 atom stereocenters. The van der Waals surface area contributed by atoms with Gasteiger partial charge in [0.2, 0.25) is 0 Å². The van der Waals surface area contributed by atoms with E-state index in [1.807, 2.05) is 0 Å². The maximum Gasteiger partial charge on any atom is 0.428 e. The van der Waals surface area contributed by atoms with E-state index >= 15 is 0 Å². The zero-order chi connectivity index (χ0) is 8.15. The Hall–Kier alpha value is -1.46. The normalized spacial score (nSPS) is 8.20. The monoisotopic (exact) mass is 147 g/mol. The van der Waals surface area contributed by atoms with Gasteiger partial charge in [0.1, 0.15) is 0 Å². The second kappa shape index (κ2) is 3.54. The van der Waals surface area contributed by atoms with Crippen LogP contribution in [0, 0.1) is 0 Å². The van der Waals surface area contributed by atoms with E-state index in [0.29, 0.717) is 0 Å². The average molecular weight is 147 g/mol. The lowest BCUT2D eigenvalue weighted by Gasteiger charge is -2.09. The molecule has 0 spiro atoms. The number of hydrogen-bond acceptors (Lipinski definition) is 3. The van der Waals surface area contributed by atoms with Gasteiger partial charge in [-0.05, 0) is 0 Å². The van der Waals surface area contributed by atoms with Gasteiger partial charge in [0.15, 0.2) is 0 Å². The topological polar surface area (TPSA) is 84.7 Å². The van der Waals surface area contributed by atoms with Gasteiger partial charge in [0.05, 0.1) is 0 Å². The molecule has 0 aromatic heterocycles. The van der Waals surface area contributed by atoms with Crippen LogP contribution in [0.5, 0.6) is 0 Å². The van der Waals surface area contributed by atoms with Crippen LogP contribution in [-0.2, 0) is 4.84 Å². The van der Waals surface area contributed by atoms with Crippen LogP contribution in [0.2, 0.25) is 0 Å². The summed E-state index contributed by atoms with van der Waals surface area (Å²) in [6.45, 7) is 0. The molecule has 0 unspecified atom stereocenters. The molecule has 0 rings (SSSR count). The lowest BCUT2D eigenvalue weighted by molar-refractivity contribution is 0.0989. The highest BCUT2D eigenvalue weighted by atomic mass is 16.7. The second-order valence-corrected chi connectivity index (χ2v) is 1.72. The first-order valence-corrected chi connectivity index (χ1v) is 2.47. The summed E-state index contributed by atoms with van der Waals surface area (Å²) in [5.74, 6) is 0. The molecule has 0 aromatic carbocycles. The van der Waals surface area contributed by atoms with Gasteiger partial charge in [-0.3, -0.25) is 0 Å². The van der Waals surface area contributed by atoms with Crippen LogP contribution in [0.4, 0.5) is 9.59 Å². The van der Waals surface area contributed by atoms with E-state index in [1.165, 1.54) is 19.0 Å². The Labute approximate surface area is 57.9 Å². The summed E-state index contributed by atoms with van der Waals surface area (Å²) in [4.78, 5) is 25.6. The van der Waals surface area contributed by atoms with Gasteiger partial charge in [-0.1, -0.05) is 0 Å². The fourth-order valence-electron chi connectivity index (χ4n) is 0.185. The van der Waals surface area contributed by atoms with Crippen LogP contribution >= 0.6 is 0 Å². The Balaban J connectivity index is 3.50. The first kappa shape index (κ1) is 8.54. The third kappa shape index (κ3) is 3.53. The van der Waals surface area contributed by atoms with E-state index in [1.54, 1.807) is 5.48 Å². The van der Waals surface area contributed by atoms with Crippen molar-refractivity contribution in [2.75, 3.05) is 14.1 Å². The van der Waals surface area contributed by atoms with Gasteiger partial charge in [-0.15, -0.1) is 0 Å². The van der Waals surface area contributed by atoms with Crippen molar-refractivity contribution in [2.45, 2.75) is 0 Å². The van der Waals surface area contributed by atoms with E-state index in [9.17, 15) is 9.59 Å². The minimum atomic E-state index is -1.05. The number of carbonyl (C=O) groups is 2. The van der Waals surface area contributed by atoms with Gasteiger partial charge in [0.25, 0.3) is 0 Å². The molecule has 10 heavy (non-hydrogen) atoms. The molecule has 0 bridgehead atoms. The smallest absolute Gasteiger partial charge is 0.333 e. The van der Waals surface area contributed by atoms with Crippen molar-refractivity contribution in [1.29, 1.82) is 0 Å². The van der Waals surface area contributed by atoms with Crippen molar-refractivity contribution in [3.05, 3.63) is 0 Å². The van der Waals surface area contributed by atoms with Crippen LogP contribution < -0.4 is 11.2 Å². The van der Waals surface area contributed by atoms with Gasteiger partial charge in [-0.25, -0.2) is 9.59 Å². The first-order chi connectivity index (χ1) is 4.54. The molecule has 6 nitrogen and oxygen atoms in total. The number of hydroxylamine groups is 1. The number of rotatable bonds is 0. The molecule has 0 aliphatic heterocycles. The van der Waals surface area contributed by atoms with Crippen molar-refractivity contribution in [1.82, 2.24) is 10.4 Å². The summed E-state index contributed by atoms with van der Waals surface area (Å²) in [6, 6.07) is -0.543. The zero-order valence-corrected chi connectivity index (χ0v) is 5.75. The number of carbonyl (C=O) groups excluding carboxylic acids is 2. The SMILES string of the molecule is CN(C)C(=O)NOC(N)=O. The fourth-order valence-corrected chi connectivity index (χ4v) is 0.185. The third-order valence-corrected chi connectivity index (χ3v) is 0.645. The number of amides is 3. The maximum atomic E-state index is 10.5. The van der Waals surface area contributed by atoms with Crippen LogP contribution in [0.3, 0.4) is 0 Å². The predicted molar refractivity (Wildman–Crippen MR) is 32.9 cm³/mol. The van der Waals surface area contributed by atoms with E-state index in [-0.39, 0.29) is 0 Å². The minimum Gasteiger partial charge on any atom is -0.333 e. The summed E-state index contributed by atoms with van der Waals surface area (Å²) in [6.07, 6.45) is -1.05. The molecule has 3 N–H and O–H groups in total. The average Bonchev–Trinajstić information content (AvgIpc) is 1.82. The van der Waals surface area contributed by atoms with Crippen LogP contribution in [-0.4, -0.2) is 31.1 Å². The second-order valence-electron chi connectivity index (χ2n) is 1.72. The van der Waals surface area contributed by atoms with Crippen molar-refractivity contribution in [2.24, 2.45) is 5.73 Å². The Morgan fingerprint density at radius 1 is 1.50 bits per heavy atom. The minimum absolute atomic E-state index is 0.543. The van der Waals surface area contributed by atoms with Gasteiger partial charge >= 0.3 is 12.1 Å². The third-order valence-electron chi connectivity index (χ3n) is 0.645. The van der Waals surface area contributed by atoms with E-state index in [4.69, 9.17) is 0 Å². The highest BCUT2D eigenvalue weighted by molar-refractivity contribution is 5.74. The molecule has 0 aliphatic rings. The molecule has 0 saturated carbocycles. The lowest BCUT2D eigenvalue weighted by Crippen LogP contribution is -2.37. The molecule has 0 saturated heterocycles. The Kier molecular flexibility index (Phi) is 3.03. The molecule has 0 fully saturated rings. The molecular weight excluding hydrogens is 138 g/mol. The number of hydrogen-bond donors (Lipinski definition) is 2. The van der Waals surface area contributed by atoms with Gasteiger partial charge in [-0.2, -0.15) is 5.48 Å². The zero-order valence-electron chi connectivity index (χ0n) is 5.75. The maximum absolute atomic E-state index is 10.5. The number of urea groups is 1. The molecule has 3 amide bonds. The first-order valence-electron chi connectivity index (χ1n) is 2.47. The number of nitrogens with one attached hydrogen (secondary N) is 1. The van der Waals surface area contributed by atoms with Crippen molar-refractivity contribution in [3.63, 3.8) is 0 Å². The molecule has 58 valence electrons. The van der Waals surface area contributed by atoms with Crippen molar-refractivity contribution < 1.29 is 14.4 Å². The Bertz CT molecular complexity index is 145. The number of nitrogens with two attached hydrogens (primary N) is 1. The van der Waals surface area contributed by atoms with E-state index in [0.717, 1.165) is 0 Å². The largest absolute Gasteiger partial charge is 0.428 e. The highest BCUT2D eigenvalue weighted by Gasteiger charge is 2.03. The van der Waals surface area contributed by atoms with Crippen LogP contribution in [0.15, 0.2) is 0 Å². The standard InChI is InChI=1S/C4H9N3O3/c1-7(2)4(9)6-10-3(5)8/h1-2H3,(H2,5,8)(H,6,9). The summed E-state index contributed by atoms with van der Waals surface area (Å²) >= 11 is 0. The van der Waals surface area contributed by atoms with Gasteiger partial charge < -0.3 is 15.5 Å². The Morgan fingerprint density at radius 2 is 2.00 bits per heavy atom. The van der Waals surface area contributed by atoms with Gasteiger partial charge in [0, 0.05) is 14.1 Å². The van der Waals surface area contributed by atoms with Crippen LogP contribution in [0.1, 0.15) is 0 Å². The number of nitrogens with zero attached hydrogens (tertiary/aromatic N) is 1. The summed E-state index contributed by atoms with van der Waals surface area (Å²) in [5.41, 5.74) is 6.34. The fraction of sp³-hybridized carbons (Fsp3) is 0.500. The van der Waals surface area contributed by atoms with Crippen LogP contribution in [0.25, 0.3) is 0 Å². The molecule has 6 heteroatoms. The summed E-state index contributed by atoms with van der Waals surface area (Å²) in [7, 11) is 3.00. The summed E-state index contributed by atoms with van der Waals surface area (Å²) < 4.78 is 0. The van der Waals surface area contributed by atoms with Crippen molar-refractivity contribution >= 4 is 12.1 Å². The molecular formula is C4H9N3O3. The predicted octanol–water partition coefficient (Wildman–Crippen LogP) is -0.732. The van der Waals surface area contributed by atoms with E-state index in [2.05, 4.69) is 10.6 Å². The Morgan fingerprint density at radius 3 is 2.30 bits per heavy atom. The number of primary amides is 1. The molecule has 0 aliphatic carbocycles. The molecule has 0 aromatic rings. The summed E-state index contributed by atoms with van der Waals surface area (Å²) in [5, 5.41) is 0. The molecule has 0 radical (unpaired) electrons. The lowest BCUT2D eigenvalue weighted by atomic mass is 10.9. The highest BCUT2D eigenvalue weighted by Crippen LogP contribution is 1.75. The van der Waals surface area contributed by atoms with Crippen molar-refractivity contribution in [3.8, 4) is 0 Å². The quantitative estimate of drug-likeness (QED) is 0.443. The van der Waals surface area contributed by atoms with E-state index < -0.39 is 12.1 Å².